The maximum Gasteiger partial charge on any atom is 0.292 e. The monoisotopic (exact) mass is 224 g/mol. The summed E-state index contributed by atoms with van der Waals surface area (Å²) in [5.74, 6) is 0.299. The van der Waals surface area contributed by atoms with Crippen LogP contribution in [0.1, 0.15) is 48.2 Å². The first-order chi connectivity index (χ1) is 7.81. The molecule has 0 aliphatic carbocycles. The number of nitrogens with zero attached hydrogens (tertiary/aromatic N) is 2. The third-order valence-corrected chi connectivity index (χ3v) is 2.73. The molecule has 0 aromatic carbocycles. The second kappa shape index (κ2) is 5.07. The van der Waals surface area contributed by atoms with Crippen molar-refractivity contribution in [2.75, 3.05) is 13.6 Å². The van der Waals surface area contributed by atoms with E-state index in [1.165, 1.54) is 12.8 Å². The number of rotatable bonds is 2. The van der Waals surface area contributed by atoms with E-state index in [9.17, 15) is 4.79 Å². The lowest BCUT2D eigenvalue weighted by Crippen LogP contribution is -2.22. The quantitative estimate of drug-likeness (QED) is 0.770. The molecule has 88 valence electrons. The molecule has 0 radical (unpaired) electrons. The highest BCUT2D eigenvalue weighted by molar-refractivity contribution is 5.89. The molecule has 1 aromatic rings. The SMILES string of the molecule is CNC(=O)c1noc(C2CCCCCN2)n1. The number of aromatic nitrogens is 2. The lowest BCUT2D eigenvalue weighted by molar-refractivity contribution is 0.0950. The Morgan fingerprint density at radius 1 is 1.50 bits per heavy atom. The number of hydrogen-bond donors (Lipinski definition) is 2. The molecular formula is C10H16N4O2. The lowest BCUT2D eigenvalue weighted by Gasteiger charge is -2.09. The Morgan fingerprint density at radius 2 is 2.38 bits per heavy atom. The van der Waals surface area contributed by atoms with Crippen LogP contribution in [0.25, 0.3) is 0 Å². The van der Waals surface area contributed by atoms with Crippen molar-refractivity contribution in [1.29, 1.82) is 0 Å². The molecule has 2 N–H and O–H groups in total. The van der Waals surface area contributed by atoms with Crippen molar-refractivity contribution in [2.24, 2.45) is 0 Å². The minimum Gasteiger partial charge on any atom is -0.352 e. The minimum atomic E-state index is -0.316. The summed E-state index contributed by atoms with van der Waals surface area (Å²) < 4.78 is 5.10. The number of nitrogens with one attached hydrogen (secondary N) is 2. The predicted molar refractivity (Wildman–Crippen MR) is 56.9 cm³/mol. The van der Waals surface area contributed by atoms with Crippen LogP contribution in [0.5, 0.6) is 0 Å². The summed E-state index contributed by atoms with van der Waals surface area (Å²) in [5.41, 5.74) is 0. The van der Waals surface area contributed by atoms with Crippen LogP contribution in [-0.2, 0) is 0 Å². The Labute approximate surface area is 93.8 Å². The highest BCUT2D eigenvalue weighted by Crippen LogP contribution is 2.20. The van der Waals surface area contributed by atoms with Gasteiger partial charge in [0, 0.05) is 7.05 Å². The summed E-state index contributed by atoms with van der Waals surface area (Å²) >= 11 is 0. The number of hydrogen-bond acceptors (Lipinski definition) is 5. The minimum absolute atomic E-state index is 0.0911. The molecule has 1 amide bonds. The molecule has 1 aliphatic rings. The van der Waals surface area contributed by atoms with Crippen LogP contribution in [0.2, 0.25) is 0 Å². The van der Waals surface area contributed by atoms with Gasteiger partial charge in [0.15, 0.2) is 0 Å². The van der Waals surface area contributed by atoms with Crippen molar-refractivity contribution >= 4 is 5.91 Å². The fourth-order valence-electron chi connectivity index (χ4n) is 1.82. The van der Waals surface area contributed by atoms with Crippen LogP contribution in [-0.4, -0.2) is 29.6 Å². The van der Waals surface area contributed by atoms with Crippen LogP contribution in [0.15, 0.2) is 4.52 Å². The Kier molecular flexibility index (Phi) is 3.51. The van der Waals surface area contributed by atoms with Gasteiger partial charge in [0.1, 0.15) is 0 Å². The molecule has 1 saturated heterocycles. The lowest BCUT2D eigenvalue weighted by atomic mass is 10.1. The van der Waals surface area contributed by atoms with E-state index < -0.39 is 0 Å². The van der Waals surface area contributed by atoms with Crippen LogP contribution < -0.4 is 10.6 Å². The molecule has 1 aromatic heterocycles. The summed E-state index contributed by atoms with van der Waals surface area (Å²) in [7, 11) is 1.54. The maximum atomic E-state index is 11.3. The maximum absolute atomic E-state index is 11.3. The van der Waals surface area contributed by atoms with Crippen molar-refractivity contribution in [3.63, 3.8) is 0 Å². The number of carbonyl (C=O) groups excluding carboxylic acids is 1. The van der Waals surface area contributed by atoms with E-state index in [0.29, 0.717) is 5.89 Å². The van der Waals surface area contributed by atoms with E-state index in [0.717, 1.165) is 19.4 Å². The molecule has 1 aliphatic heterocycles. The molecule has 1 atom stereocenters. The van der Waals surface area contributed by atoms with E-state index in [1.807, 2.05) is 0 Å². The van der Waals surface area contributed by atoms with Crippen LogP contribution in [0.4, 0.5) is 0 Å². The zero-order valence-corrected chi connectivity index (χ0v) is 9.32. The average molecular weight is 224 g/mol. The highest BCUT2D eigenvalue weighted by atomic mass is 16.5. The average Bonchev–Trinajstić information content (AvgIpc) is 2.64. The summed E-state index contributed by atoms with van der Waals surface area (Å²) in [6.07, 6.45) is 4.53. The van der Waals surface area contributed by atoms with Gasteiger partial charge in [-0.05, 0) is 19.4 Å². The molecule has 2 heterocycles. The largest absolute Gasteiger partial charge is 0.352 e. The third kappa shape index (κ3) is 2.38. The Bertz CT molecular complexity index is 355. The first kappa shape index (κ1) is 11.1. The van der Waals surface area contributed by atoms with E-state index in [1.54, 1.807) is 7.05 Å². The molecule has 2 rings (SSSR count). The van der Waals surface area contributed by atoms with Crippen molar-refractivity contribution in [3.8, 4) is 0 Å². The number of amides is 1. The van der Waals surface area contributed by atoms with E-state index >= 15 is 0 Å². The first-order valence-electron chi connectivity index (χ1n) is 5.60. The molecule has 1 fully saturated rings. The second-order valence-corrected chi connectivity index (χ2v) is 3.89. The summed E-state index contributed by atoms with van der Waals surface area (Å²) in [6.45, 7) is 0.961. The van der Waals surface area contributed by atoms with E-state index in [4.69, 9.17) is 4.52 Å². The van der Waals surface area contributed by atoms with Gasteiger partial charge in [0.2, 0.25) is 5.89 Å². The van der Waals surface area contributed by atoms with Gasteiger partial charge in [0.25, 0.3) is 11.7 Å². The Morgan fingerprint density at radius 3 is 3.19 bits per heavy atom. The highest BCUT2D eigenvalue weighted by Gasteiger charge is 2.21. The zero-order chi connectivity index (χ0) is 11.4. The molecular weight excluding hydrogens is 208 g/mol. The third-order valence-electron chi connectivity index (χ3n) is 2.73. The smallest absolute Gasteiger partial charge is 0.292 e. The van der Waals surface area contributed by atoms with Gasteiger partial charge in [-0.25, -0.2) is 0 Å². The normalized spacial score (nSPS) is 21.4. The van der Waals surface area contributed by atoms with Gasteiger partial charge in [-0.1, -0.05) is 18.0 Å². The van der Waals surface area contributed by atoms with Gasteiger partial charge in [-0.3, -0.25) is 4.79 Å². The van der Waals surface area contributed by atoms with E-state index in [2.05, 4.69) is 20.8 Å². The van der Waals surface area contributed by atoms with Gasteiger partial charge >= 0.3 is 0 Å². The summed E-state index contributed by atoms with van der Waals surface area (Å²) in [5, 5.41) is 9.46. The molecule has 16 heavy (non-hydrogen) atoms. The first-order valence-corrected chi connectivity index (χ1v) is 5.60. The fraction of sp³-hybridized carbons (Fsp3) is 0.700. The molecule has 0 saturated carbocycles. The topological polar surface area (TPSA) is 80.0 Å². The van der Waals surface area contributed by atoms with Crippen molar-refractivity contribution in [1.82, 2.24) is 20.8 Å². The standard InChI is InChI=1S/C10H16N4O2/c1-11-9(15)8-13-10(16-14-8)7-5-3-2-4-6-12-7/h7,12H,2-6H2,1H3,(H,11,15). The van der Waals surface area contributed by atoms with Crippen molar-refractivity contribution in [3.05, 3.63) is 11.7 Å². The van der Waals surface area contributed by atoms with Crippen molar-refractivity contribution < 1.29 is 9.32 Å². The van der Waals surface area contributed by atoms with E-state index in [-0.39, 0.29) is 17.8 Å². The Hall–Kier alpha value is -1.43. The Balaban J connectivity index is 2.08. The van der Waals surface area contributed by atoms with Gasteiger partial charge in [-0.15, -0.1) is 0 Å². The van der Waals surface area contributed by atoms with Crippen molar-refractivity contribution in [2.45, 2.75) is 31.7 Å². The van der Waals surface area contributed by atoms with Gasteiger partial charge in [-0.2, -0.15) is 4.98 Å². The van der Waals surface area contributed by atoms with Crippen LogP contribution in [0.3, 0.4) is 0 Å². The summed E-state index contributed by atoms with van der Waals surface area (Å²) in [4.78, 5) is 15.4. The number of carbonyl (C=O) groups is 1. The fourth-order valence-corrected chi connectivity index (χ4v) is 1.82. The predicted octanol–water partition coefficient (Wildman–Crippen LogP) is 0.634. The molecule has 0 spiro atoms. The van der Waals surface area contributed by atoms with Crippen LogP contribution in [0, 0.1) is 0 Å². The molecule has 1 unspecified atom stereocenters. The molecule has 6 nitrogen and oxygen atoms in total. The van der Waals surface area contributed by atoms with Gasteiger partial charge < -0.3 is 15.2 Å². The second-order valence-electron chi connectivity index (χ2n) is 3.89. The summed E-state index contributed by atoms with van der Waals surface area (Å²) in [6, 6.07) is 0.0911. The molecule has 6 heteroatoms. The van der Waals surface area contributed by atoms with Crippen LogP contribution >= 0.6 is 0 Å². The zero-order valence-electron chi connectivity index (χ0n) is 9.32. The van der Waals surface area contributed by atoms with Gasteiger partial charge in [0.05, 0.1) is 6.04 Å². The molecule has 0 bridgehead atoms.